The Labute approximate surface area is 103 Å². The molecular weight excluding hydrogens is 220 g/mol. The van der Waals surface area contributed by atoms with E-state index in [9.17, 15) is 4.79 Å². The molecule has 0 radical (unpaired) electrons. The molecule has 0 aromatic heterocycles. The predicted molar refractivity (Wildman–Crippen MR) is 64.1 cm³/mol. The molecular formula is C12H23N2O3+. The third kappa shape index (κ3) is 8.66. The van der Waals surface area contributed by atoms with E-state index in [1.165, 1.54) is 0 Å². The number of rotatable bonds is 9. The Balaban J connectivity index is 4.15. The number of hydrogen-bond acceptors (Lipinski definition) is 3. The van der Waals surface area contributed by atoms with Crippen molar-refractivity contribution in [3.05, 3.63) is 0 Å². The molecule has 1 N–H and O–H groups in total. The molecule has 0 fully saturated rings. The van der Waals surface area contributed by atoms with Crippen LogP contribution < -0.4 is 0 Å². The summed E-state index contributed by atoms with van der Waals surface area (Å²) < 4.78 is 5.65. The molecule has 0 aromatic rings. The first-order valence-electron chi connectivity index (χ1n) is 5.99. The van der Waals surface area contributed by atoms with E-state index in [0.29, 0.717) is 13.2 Å². The number of nitriles is 1. The van der Waals surface area contributed by atoms with Crippen molar-refractivity contribution >= 4 is 5.97 Å². The minimum Gasteiger partial charge on any atom is -0.481 e. The van der Waals surface area contributed by atoms with Crippen LogP contribution in [0.2, 0.25) is 0 Å². The topological polar surface area (TPSA) is 70.3 Å². The number of quaternary nitrogens is 1. The molecule has 0 saturated carbocycles. The molecule has 5 nitrogen and oxygen atoms in total. The van der Waals surface area contributed by atoms with E-state index in [1.54, 1.807) is 14.1 Å². The summed E-state index contributed by atoms with van der Waals surface area (Å²) in [6, 6.07) is 0. The Morgan fingerprint density at radius 1 is 1.47 bits per heavy atom. The number of ether oxygens (including phenoxy) is 1. The lowest BCUT2D eigenvalue weighted by Crippen LogP contribution is -2.42. The van der Waals surface area contributed by atoms with Gasteiger partial charge >= 0.3 is 12.2 Å². The zero-order valence-electron chi connectivity index (χ0n) is 11.0. The van der Waals surface area contributed by atoms with Crippen LogP contribution in [0, 0.1) is 11.5 Å². The SMILES string of the molecule is CCCCCOC(CC(=O)O)C[N+](C)(C)C#N. The second kappa shape index (κ2) is 8.04. The Kier molecular flexibility index (Phi) is 7.51. The van der Waals surface area contributed by atoms with Crippen LogP contribution in [0.15, 0.2) is 0 Å². The number of carboxylic acid groups (broad SMARTS) is 1. The van der Waals surface area contributed by atoms with Gasteiger partial charge < -0.3 is 9.84 Å². The second-order valence-electron chi connectivity index (χ2n) is 4.77. The molecule has 0 heterocycles. The lowest BCUT2D eigenvalue weighted by atomic mass is 10.2. The molecule has 0 bridgehead atoms. The van der Waals surface area contributed by atoms with Gasteiger partial charge in [-0.15, -0.1) is 5.26 Å². The van der Waals surface area contributed by atoms with E-state index >= 15 is 0 Å². The third-order valence-corrected chi connectivity index (χ3v) is 2.43. The fraction of sp³-hybridized carbons (Fsp3) is 0.833. The van der Waals surface area contributed by atoms with Crippen LogP contribution in [0.1, 0.15) is 32.6 Å². The lowest BCUT2D eigenvalue weighted by molar-refractivity contribution is -0.828. The van der Waals surface area contributed by atoms with E-state index < -0.39 is 5.97 Å². The number of nitrogens with zero attached hydrogens (tertiary/aromatic N) is 2. The predicted octanol–water partition coefficient (Wildman–Crippen LogP) is 1.59. The Hall–Kier alpha value is -1.12. The van der Waals surface area contributed by atoms with Crippen LogP contribution in [-0.4, -0.2) is 48.9 Å². The van der Waals surface area contributed by atoms with Crippen LogP contribution >= 0.6 is 0 Å². The van der Waals surface area contributed by atoms with Gasteiger partial charge in [-0.3, -0.25) is 4.79 Å². The van der Waals surface area contributed by atoms with Gasteiger partial charge in [0.1, 0.15) is 12.6 Å². The normalized spacial score (nSPS) is 13.1. The first-order valence-corrected chi connectivity index (χ1v) is 5.99. The average molecular weight is 243 g/mol. The summed E-state index contributed by atoms with van der Waals surface area (Å²) >= 11 is 0. The number of likely N-dealkylation sites (N-methyl/N-ethyl adjacent to an activating group) is 1. The summed E-state index contributed by atoms with van der Waals surface area (Å²) in [5, 5.41) is 17.7. The Morgan fingerprint density at radius 3 is 2.59 bits per heavy atom. The molecule has 0 aliphatic heterocycles. The van der Waals surface area contributed by atoms with Gasteiger partial charge in [-0.05, 0) is 6.42 Å². The van der Waals surface area contributed by atoms with Crippen molar-refractivity contribution in [1.82, 2.24) is 0 Å². The van der Waals surface area contributed by atoms with Gasteiger partial charge in [0.2, 0.25) is 0 Å². The monoisotopic (exact) mass is 243 g/mol. The minimum atomic E-state index is -0.886. The van der Waals surface area contributed by atoms with E-state index in [4.69, 9.17) is 15.1 Å². The van der Waals surface area contributed by atoms with Gasteiger partial charge in [0, 0.05) is 6.61 Å². The summed E-state index contributed by atoms with van der Waals surface area (Å²) in [7, 11) is 3.48. The van der Waals surface area contributed by atoms with Gasteiger partial charge in [0.15, 0.2) is 0 Å². The molecule has 0 aromatic carbocycles. The molecule has 0 saturated heterocycles. The van der Waals surface area contributed by atoms with E-state index in [0.717, 1.165) is 19.3 Å². The molecule has 0 rings (SSSR count). The summed E-state index contributed by atoms with van der Waals surface area (Å²) in [5.74, 6) is -0.886. The first kappa shape index (κ1) is 15.9. The van der Waals surface area contributed by atoms with Crippen molar-refractivity contribution in [3.8, 4) is 6.19 Å². The van der Waals surface area contributed by atoms with Crippen molar-refractivity contribution in [2.75, 3.05) is 27.2 Å². The van der Waals surface area contributed by atoms with E-state index in [-0.39, 0.29) is 17.0 Å². The number of unbranched alkanes of at least 4 members (excludes halogenated alkanes) is 2. The van der Waals surface area contributed by atoms with Crippen molar-refractivity contribution in [2.45, 2.75) is 38.7 Å². The van der Waals surface area contributed by atoms with Gasteiger partial charge in [0.05, 0.1) is 20.5 Å². The summed E-state index contributed by atoms with van der Waals surface area (Å²) in [4.78, 5) is 10.7. The van der Waals surface area contributed by atoms with Crippen LogP contribution in [0.3, 0.4) is 0 Å². The standard InChI is InChI=1S/C12H22N2O3/c1-4-5-6-7-17-11(8-12(15)16)9-14(2,3)10-13/h11H,4-9H2,1-3H3/p+1. The summed E-state index contributed by atoms with van der Waals surface area (Å²) in [5.41, 5.74) is 0. The number of carboxylic acids is 1. The Morgan fingerprint density at radius 2 is 2.12 bits per heavy atom. The van der Waals surface area contributed by atoms with Gasteiger partial charge in [-0.25, -0.2) is 4.48 Å². The fourth-order valence-electron chi connectivity index (χ4n) is 1.52. The molecule has 0 aliphatic rings. The van der Waals surface area contributed by atoms with E-state index in [1.807, 2.05) is 0 Å². The van der Waals surface area contributed by atoms with Crippen LogP contribution in [0.25, 0.3) is 0 Å². The number of hydrogen-bond donors (Lipinski definition) is 1. The molecule has 17 heavy (non-hydrogen) atoms. The zero-order valence-corrected chi connectivity index (χ0v) is 11.0. The Bertz CT molecular complexity index is 271. The fourth-order valence-corrected chi connectivity index (χ4v) is 1.52. The maximum atomic E-state index is 10.7. The zero-order chi connectivity index (χ0) is 13.3. The number of aliphatic carboxylic acids is 1. The summed E-state index contributed by atoms with van der Waals surface area (Å²) in [6.45, 7) is 3.07. The highest BCUT2D eigenvalue weighted by molar-refractivity contribution is 5.67. The van der Waals surface area contributed by atoms with Gasteiger partial charge in [-0.1, -0.05) is 19.8 Å². The van der Waals surface area contributed by atoms with Crippen LogP contribution in [0.4, 0.5) is 0 Å². The molecule has 0 amide bonds. The molecule has 1 atom stereocenters. The van der Waals surface area contributed by atoms with Gasteiger partial charge in [-0.2, -0.15) is 0 Å². The smallest absolute Gasteiger partial charge is 0.308 e. The molecule has 1 unspecified atom stereocenters. The largest absolute Gasteiger partial charge is 0.481 e. The second-order valence-corrected chi connectivity index (χ2v) is 4.77. The van der Waals surface area contributed by atoms with Crippen molar-refractivity contribution < 1.29 is 19.1 Å². The maximum Gasteiger partial charge on any atom is 0.308 e. The number of carbonyl (C=O) groups is 1. The average Bonchev–Trinajstić information content (AvgIpc) is 2.23. The minimum absolute atomic E-state index is 0.0461. The van der Waals surface area contributed by atoms with Crippen LogP contribution in [0.5, 0.6) is 0 Å². The highest BCUT2D eigenvalue weighted by atomic mass is 16.5. The first-order chi connectivity index (χ1) is 7.91. The lowest BCUT2D eigenvalue weighted by Gasteiger charge is -2.24. The van der Waals surface area contributed by atoms with E-state index in [2.05, 4.69) is 13.1 Å². The quantitative estimate of drug-likeness (QED) is 0.379. The molecule has 5 heteroatoms. The van der Waals surface area contributed by atoms with Crippen molar-refractivity contribution in [2.24, 2.45) is 0 Å². The van der Waals surface area contributed by atoms with Crippen LogP contribution in [-0.2, 0) is 9.53 Å². The highest BCUT2D eigenvalue weighted by Crippen LogP contribution is 2.07. The third-order valence-electron chi connectivity index (χ3n) is 2.43. The van der Waals surface area contributed by atoms with Crippen molar-refractivity contribution in [1.29, 1.82) is 5.26 Å². The van der Waals surface area contributed by atoms with Crippen molar-refractivity contribution in [3.63, 3.8) is 0 Å². The van der Waals surface area contributed by atoms with Gasteiger partial charge in [0.25, 0.3) is 0 Å². The molecule has 98 valence electrons. The summed E-state index contributed by atoms with van der Waals surface area (Å²) in [6.07, 6.45) is 4.80. The molecule has 0 spiro atoms. The maximum absolute atomic E-state index is 10.7. The molecule has 0 aliphatic carbocycles. The highest BCUT2D eigenvalue weighted by Gasteiger charge is 2.25.